The van der Waals surface area contributed by atoms with E-state index in [-0.39, 0.29) is 5.97 Å². The Bertz CT molecular complexity index is 963. The molecular weight excluding hydrogens is 354 g/mol. The van der Waals surface area contributed by atoms with Crippen molar-refractivity contribution in [2.75, 3.05) is 42.6 Å². The Morgan fingerprint density at radius 3 is 2.57 bits per heavy atom. The number of rotatable bonds is 4. The van der Waals surface area contributed by atoms with Crippen LogP contribution >= 0.6 is 0 Å². The maximum absolute atomic E-state index is 12.6. The third-order valence-electron chi connectivity index (χ3n) is 4.89. The molecule has 3 aromatic rings. The molecule has 0 unspecified atom stereocenters. The fourth-order valence-corrected chi connectivity index (χ4v) is 3.62. The highest BCUT2D eigenvalue weighted by molar-refractivity contribution is 6.05. The molecule has 1 fully saturated rings. The number of ether oxygens (including phenoxy) is 1. The second kappa shape index (κ2) is 8.21. The SMILES string of the molecule is CCOC(=O)c1cnc2ccccc2c1N1CCCN(c2ncccn2)CC1. The highest BCUT2D eigenvalue weighted by atomic mass is 16.5. The summed E-state index contributed by atoms with van der Waals surface area (Å²) in [5.41, 5.74) is 2.29. The topological polar surface area (TPSA) is 71.5 Å². The first kappa shape index (κ1) is 18.2. The molecule has 28 heavy (non-hydrogen) atoms. The zero-order chi connectivity index (χ0) is 19.3. The number of benzene rings is 1. The number of nitrogens with zero attached hydrogens (tertiary/aromatic N) is 5. The van der Waals surface area contributed by atoms with E-state index in [0.717, 1.165) is 55.1 Å². The van der Waals surface area contributed by atoms with Gasteiger partial charge in [-0.2, -0.15) is 0 Å². The third-order valence-corrected chi connectivity index (χ3v) is 4.89. The summed E-state index contributed by atoms with van der Waals surface area (Å²) in [6.45, 7) is 5.41. The van der Waals surface area contributed by atoms with Crippen LogP contribution in [-0.2, 0) is 4.74 Å². The summed E-state index contributed by atoms with van der Waals surface area (Å²) in [7, 11) is 0. The molecule has 0 amide bonds. The van der Waals surface area contributed by atoms with Gasteiger partial charge in [0, 0.05) is 50.2 Å². The lowest BCUT2D eigenvalue weighted by Crippen LogP contribution is -2.32. The standard InChI is InChI=1S/C21H23N5O2/c1-2-28-20(27)17-15-24-18-8-4-3-7-16(18)19(17)25-11-6-12-26(14-13-25)21-22-9-5-10-23-21/h3-5,7-10,15H,2,6,11-14H2,1H3. The molecule has 7 heteroatoms. The van der Waals surface area contributed by atoms with Gasteiger partial charge in [0.1, 0.15) is 5.56 Å². The number of hydrogen-bond donors (Lipinski definition) is 0. The van der Waals surface area contributed by atoms with E-state index in [1.807, 2.05) is 37.3 Å². The Morgan fingerprint density at radius 1 is 1.00 bits per heavy atom. The molecule has 2 aromatic heterocycles. The molecule has 1 aromatic carbocycles. The van der Waals surface area contributed by atoms with Crippen molar-refractivity contribution in [2.24, 2.45) is 0 Å². The number of fused-ring (bicyclic) bond motifs is 1. The van der Waals surface area contributed by atoms with E-state index in [2.05, 4.69) is 24.8 Å². The summed E-state index contributed by atoms with van der Waals surface area (Å²) < 4.78 is 5.29. The van der Waals surface area contributed by atoms with Crippen LogP contribution < -0.4 is 9.80 Å². The second-order valence-corrected chi connectivity index (χ2v) is 6.63. The zero-order valence-electron chi connectivity index (χ0n) is 15.9. The van der Waals surface area contributed by atoms with E-state index in [9.17, 15) is 4.79 Å². The molecule has 7 nitrogen and oxygen atoms in total. The van der Waals surface area contributed by atoms with Gasteiger partial charge in [0.25, 0.3) is 0 Å². The van der Waals surface area contributed by atoms with Crippen LogP contribution in [0.5, 0.6) is 0 Å². The molecule has 0 bridgehead atoms. The van der Waals surface area contributed by atoms with E-state index >= 15 is 0 Å². The minimum Gasteiger partial charge on any atom is -0.462 e. The van der Waals surface area contributed by atoms with Gasteiger partial charge in [-0.05, 0) is 25.5 Å². The molecule has 0 atom stereocenters. The van der Waals surface area contributed by atoms with Crippen LogP contribution in [0.2, 0.25) is 0 Å². The number of carbonyl (C=O) groups is 1. The van der Waals surface area contributed by atoms with Crippen molar-refractivity contribution in [3.63, 3.8) is 0 Å². The number of hydrogen-bond acceptors (Lipinski definition) is 7. The molecule has 4 rings (SSSR count). The van der Waals surface area contributed by atoms with E-state index in [0.29, 0.717) is 12.2 Å². The largest absolute Gasteiger partial charge is 0.462 e. The van der Waals surface area contributed by atoms with Gasteiger partial charge in [0.15, 0.2) is 0 Å². The van der Waals surface area contributed by atoms with Crippen molar-refractivity contribution >= 4 is 28.5 Å². The quantitative estimate of drug-likeness (QED) is 0.647. The number of aromatic nitrogens is 3. The summed E-state index contributed by atoms with van der Waals surface area (Å²) in [5, 5.41) is 0.970. The fraction of sp³-hybridized carbons (Fsp3) is 0.333. The average Bonchev–Trinajstić information content (AvgIpc) is 3.00. The maximum Gasteiger partial charge on any atom is 0.341 e. The number of carbonyl (C=O) groups excluding carboxylic acids is 1. The predicted molar refractivity (Wildman–Crippen MR) is 109 cm³/mol. The van der Waals surface area contributed by atoms with E-state index < -0.39 is 0 Å². The molecule has 0 aliphatic carbocycles. The second-order valence-electron chi connectivity index (χ2n) is 6.63. The summed E-state index contributed by atoms with van der Waals surface area (Å²) in [6.07, 6.45) is 6.11. The monoisotopic (exact) mass is 377 g/mol. The maximum atomic E-state index is 12.6. The van der Waals surface area contributed by atoms with Crippen LogP contribution in [0.15, 0.2) is 48.9 Å². The highest BCUT2D eigenvalue weighted by Crippen LogP contribution is 2.31. The van der Waals surface area contributed by atoms with Crippen molar-refractivity contribution in [2.45, 2.75) is 13.3 Å². The summed E-state index contributed by atoms with van der Waals surface area (Å²) in [6, 6.07) is 9.74. The minimum absolute atomic E-state index is 0.330. The summed E-state index contributed by atoms with van der Waals surface area (Å²) in [4.78, 5) is 30.3. The Morgan fingerprint density at radius 2 is 1.75 bits per heavy atom. The van der Waals surface area contributed by atoms with Gasteiger partial charge in [-0.3, -0.25) is 4.98 Å². The summed E-state index contributed by atoms with van der Waals surface area (Å²) >= 11 is 0. The fourth-order valence-electron chi connectivity index (χ4n) is 3.62. The van der Waals surface area contributed by atoms with E-state index in [1.54, 1.807) is 18.6 Å². The first-order valence-electron chi connectivity index (χ1n) is 9.59. The van der Waals surface area contributed by atoms with Crippen LogP contribution in [0.25, 0.3) is 10.9 Å². The van der Waals surface area contributed by atoms with Gasteiger partial charge in [0.05, 0.1) is 17.8 Å². The normalized spacial score (nSPS) is 14.8. The van der Waals surface area contributed by atoms with E-state index in [4.69, 9.17) is 4.74 Å². The van der Waals surface area contributed by atoms with Crippen LogP contribution in [0.4, 0.5) is 11.6 Å². The Kier molecular flexibility index (Phi) is 5.32. The first-order valence-corrected chi connectivity index (χ1v) is 9.59. The molecule has 1 saturated heterocycles. The van der Waals surface area contributed by atoms with Crippen molar-refractivity contribution in [3.05, 3.63) is 54.5 Å². The number of anilines is 2. The number of para-hydroxylation sites is 1. The molecule has 1 aliphatic rings. The lowest BCUT2D eigenvalue weighted by molar-refractivity contribution is 0.0527. The third kappa shape index (κ3) is 3.60. The summed E-state index contributed by atoms with van der Waals surface area (Å²) in [5.74, 6) is 0.415. The Labute approximate surface area is 164 Å². The van der Waals surface area contributed by atoms with Gasteiger partial charge in [0.2, 0.25) is 5.95 Å². The minimum atomic E-state index is -0.330. The molecule has 0 radical (unpaired) electrons. The average molecular weight is 377 g/mol. The van der Waals surface area contributed by atoms with Crippen molar-refractivity contribution < 1.29 is 9.53 Å². The lowest BCUT2D eigenvalue weighted by atomic mass is 10.1. The van der Waals surface area contributed by atoms with Crippen LogP contribution in [0.3, 0.4) is 0 Å². The molecule has 0 saturated carbocycles. The number of pyridine rings is 1. The lowest BCUT2D eigenvalue weighted by Gasteiger charge is -2.26. The van der Waals surface area contributed by atoms with Gasteiger partial charge < -0.3 is 14.5 Å². The molecule has 1 aliphatic heterocycles. The molecular formula is C21H23N5O2. The highest BCUT2D eigenvalue weighted by Gasteiger charge is 2.24. The van der Waals surface area contributed by atoms with E-state index in [1.165, 1.54) is 0 Å². The van der Waals surface area contributed by atoms with Crippen molar-refractivity contribution in [3.8, 4) is 0 Å². The molecule has 0 spiro atoms. The smallest absolute Gasteiger partial charge is 0.341 e. The number of esters is 1. The van der Waals surface area contributed by atoms with Crippen molar-refractivity contribution in [1.82, 2.24) is 15.0 Å². The predicted octanol–water partition coefficient (Wildman–Crippen LogP) is 2.92. The Balaban J connectivity index is 1.69. The van der Waals surface area contributed by atoms with Gasteiger partial charge >= 0.3 is 5.97 Å². The first-order chi connectivity index (χ1) is 13.8. The zero-order valence-corrected chi connectivity index (χ0v) is 15.9. The Hall–Kier alpha value is -3.22. The van der Waals surface area contributed by atoms with Crippen LogP contribution in [0, 0.1) is 0 Å². The molecule has 3 heterocycles. The van der Waals surface area contributed by atoms with Crippen LogP contribution in [-0.4, -0.2) is 53.7 Å². The molecule has 0 N–H and O–H groups in total. The van der Waals surface area contributed by atoms with Crippen LogP contribution in [0.1, 0.15) is 23.7 Å². The van der Waals surface area contributed by atoms with Crippen molar-refractivity contribution in [1.29, 1.82) is 0 Å². The van der Waals surface area contributed by atoms with Gasteiger partial charge in [-0.1, -0.05) is 18.2 Å². The van der Waals surface area contributed by atoms with Gasteiger partial charge in [-0.25, -0.2) is 14.8 Å². The van der Waals surface area contributed by atoms with Gasteiger partial charge in [-0.15, -0.1) is 0 Å². The molecule has 144 valence electrons.